The van der Waals surface area contributed by atoms with E-state index in [1.54, 1.807) is 4.31 Å². The molecule has 0 aliphatic carbocycles. The van der Waals surface area contributed by atoms with Crippen LogP contribution in [0.4, 0.5) is 5.69 Å². The van der Waals surface area contributed by atoms with Gasteiger partial charge in [-0.2, -0.15) is 4.31 Å². The number of hydrogen-bond donors (Lipinski definition) is 1. The SMILES string of the molecule is Cc1ccc(CS(=O)(=O)N2CCN(c3ccc4nc(C)[nH]c4c3)CC2)cc1. The fourth-order valence-electron chi connectivity index (χ4n) is 3.53. The summed E-state index contributed by atoms with van der Waals surface area (Å²) in [7, 11) is -3.30. The number of fused-ring (bicyclic) bond motifs is 1. The lowest BCUT2D eigenvalue weighted by Crippen LogP contribution is -2.49. The molecule has 0 saturated carbocycles. The molecule has 0 bridgehead atoms. The molecule has 3 aromatic rings. The molecule has 1 N–H and O–H groups in total. The van der Waals surface area contributed by atoms with E-state index in [9.17, 15) is 8.42 Å². The fraction of sp³-hybridized carbons (Fsp3) is 0.350. The second kappa shape index (κ2) is 6.98. The van der Waals surface area contributed by atoms with Gasteiger partial charge in [0.05, 0.1) is 16.8 Å². The third-order valence-electron chi connectivity index (χ3n) is 5.05. The quantitative estimate of drug-likeness (QED) is 0.751. The molecule has 0 amide bonds. The maximum Gasteiger partial charge on any atom is 0.218 e. The van der Waals surface area contributed by atoms with Crippen LogP contribution in [0.25, 0.3) is 11.0 Å². The van der Waals surface area contributed by atoms with Gasteiger partial charge in [0.25, 0.3) is 0 Å². The van der Waals surface area contributed by atoms with Crippen molar-refractivity contribution in [1.29, 1.82) is 0 Å². The van der Waals surface area contributed by atoms with Crippen molar-refractivity contribution >= 4 is 26.7 Å². The van der Waals surface area contributed by atoms with E-state index in [0.29, 0.717) is 26.2 Å². The normalized spacial score (nSPS) is 16.1. The molecule has 2 aromatic carbocycles. The largest absolute Gasteiger partial charge is 0.369 e. The van der Waals surface area contributed by atoms with Crippen molar-refractivity contribution in [3.8, 4) is 0 Å². The number of sulfonamides is 1. The van der Waals surface area contributed by atoms with E-state index >= 15 is 0 Å². The molecule has 1 aliphatic heterocycles. The number of aromatic amines is 1. The zero-order chi connectivity index (χ0) is 19.0. The van der Waals surface area contributed by atoms with E-state index in [2.05, 4.69) is 27.0 Å². The van der Waals surface area contributed by atoms with Crippen LogP contribution in [-0.2, 0) is 15.8 Å². The maximum absolute atomic E-state index is 12.8. The van der Waals surface area contributed by atoms with E-state index in [1.165, 1.54) is 0 Å². The molecule has 27 heavy (non-hydrogen) atoms. The Balaban J connectivity index is 1.43. The Kier molecular flexibility index (Phi) is 4.65. The van der Waals surface area contributed by atoms with Crippen LogP contribution < -0.4 is 4.90 Å². The first-order valence-electron chi connectivity index (χ1n) is 9.15. The van der Waals surface area contributed by atoms with Crippen molar-refractivity contribution in [2.24, 2.45) is 0 Å². The number of aromatic nitrogens is 2. The number of aryl methyl sites for hydroxylation is 2. The Morgan fingerprint density at radius 3 is 2.41 bits per heavy atom. The van der Waals surface area contributed by atoms with Gasteiger partial charge in [-0.3, -0.25) is 0 Å². The molecule has 7 heteroatoms. The highest BCUT2D eigenvalue weighted by Gasteiger charge is 2.27. The van der Waals surface area contributed by atoms with Gasteiger partial charge in [0.2, 0.25) is 10.0 Å². The lowest BCUT2D eigenvalue weighted by molar-refractivity contribution is 0.384. The summed E-state index contributed by atoms with van der Waals surface area (Å²) < 4.78 is 27.1. The minimum Gasteiger partial charge on any atom is -0.369 e. The fourth-order valence-corrected chi connectivity index (χ4v) is 5.05. The number of imidazole rings is 1. The van der Waals surface area contributed by atoms with Crippen LogP contribution in [0.15, 0.2) is 42.5 Å². The standard InChI is InChI=1S/C20H24N4O2S/c1-15-3-5-17(6-4-15)14-27(25,26)24-11-9-23(10-12-24)18-7-8-19-20(13-18)22-16(2)21-19/h3-8,13H,9-12,14H2,1-2H3,(H,21,22). The van der Waals surface area contributed by atoms with Gasteiger partial charge in [-0.25, -0.2) is 13.4 Å². The van der Waals surface area contributed by atoms with Crippen LogP contribution in [0.5, 0.6) is 0 Å². The number of rotatable bonds is 4. The van der Waals surface area contributed by atoms with Crippen molar-refractivity contribution in [3.05, 3.63) is 59.4 Å². The topological polar surface area (TPSA) is 69.3 Å². The van der Waals surface area contributed by atoms with Crippen LogP contribution in [0.3, 0.4) is 0 Å². The number of anilines is 1. The molecule has 0 spiro atoms. The average Bonchev–Trinajstić information content (AvgIpc) is 3.03. The zero-order valence-electron chi connectivity index (χ0n) is 15.6. The monoisotopic (exact) mass is 384 g/mol. The number of benzene rings is 2. The number of piperazine rings is 1. The van der Waals surface area contributed by atoms with Crippen LogP contribution in [0.2, 0.25) is 0 Å². The average molecular weight is 385 g/mol. The summed E-state index contributed by atoms with van der Waals surface area (Å²) in [5, 5.41) is 0. The lowest BCUT2D eigenvalue weighted by Gasteiger charge is -2.35. The first-order chi connectivity index (χ1) is 12.9. The summed E-state index contributed by atoms with van der Waals surface area (Å²) in [5.74, 6) is 0.960. The third-order valence-corrected chi connectivity index (χ3v) is 6.90. The minimum absolute atomic E-state index is 0.0622. The van der Waals surface area contributed by atoms with Gasteiger partial charge >= 0.3 is 0 Å². The second-order valence-corrected chi connectivity index (χ2v) is 9.12. The molecule has 0 atom stereocenters. The van der Waals surface area contributed by atoms with Gasteiger partial charge in [0.1, 0.15) is 5.82 Å². The lowest BCUT2D eigenvalue weighted by atomic mass is 10.2. The van der Waals surface area contributed by atoms with Gasteiger partial charge < -0.3 is 9.88 Å². The Morgan fingerprint density at radius 1 is 1.00 bits per heavy atom. The molecule has 1 fully saturated rings. The highest BCUT2D eigenvalue weighted by Crippen LogP contribution is 2.23. The van der Waals surface area contributed by atoms with E-state index in [-0.39, 0.29) is 5.75 Å². The molecule has 6 nitrogen and oxygen atoms in total. The molecule has 1 aromatic heterocycles. The first kappa shape index (κ1) is 18.0. The Morgan fingerprint density at radius 2 is 1.70 bits per heavy atom. The van der Waals surface area contributed by atoms with Crippen molar-refractivity contribution in [2.45, 2.75) is 19.6 Å². The number of nitrogens with zero attached hydrogens (tertiary/aromatic N) is 3. The van der Waals surface area contributed by atoms with Crippen molar-refractivity contribution < 1.29 is 8.42 Å². The molecule has 4 rings (SSSR count). The van der Waals surface area contributed by atoms with E-state index in [4.69, 9.17) is 0 Å². The summed E-state index contributed by atoms with van der Waals surface area (Å²) in [6, 6.07) is 13.8. The number of nitrogens with one attached hydrogen (secondary N) is 1. The molecule has 0 radical (unpaired) electrons. The molecular weight excluding hydrogens is 360 g/mol. The van der Waals surface area contributed by atoms with Crippen molar-refractivity contribution in [2.75, 3.05) is 31.1 Å². The van der Waals surface area contributed by atoms with Gasteiger partial charge in [-0.15, -0.1) is 0 Å². The summed E-state index contributed by atoms with van der Waals surface area (Å²) in [4.78, 5) is 9.92. The predicted octanol–water partition coefficient (Wildman–Crippen LogP) is 2.83. The van der Waals surface area contributed by atoms with Crippen LogP contribution in [0, 0.1) is 13.8 Å². The molecule has 142 valence electrons. The Hall–Kier alpha value is -2.38. The summed E-state index contributed by atoms with van der Waals surface area (Å²) in [5.41, 5.74) is 5.04. The minimum atomic E-state index is -3.30. The van der Waals surface area contributed by atoms with Gasteiger partial charge in [-0.05, 0) is 37.6 Å². The van der Waals surface area contributed by atoms with E-state index in [0.717, 1.165) is 33.7 Å². The highest BCUT2D eigenvalue weighted by molar-refractivity contribution is 7.88. The molecule has 1 aliphatic rings. The maximum atomic E-state index is 12.8. The second-order valence-electron chi connectivity index (χ2n) is 7.15. The zero-order valence-corrected chi connectivity index (χ0v) is 16.5. The molecule has 0 unspecified atom stereocenters. The van der Waals surface area contributed by atoms with Crippen LogP contribution in [0.1, 0.15) is 17.0 Å². The number of H-pyrrole nitrogens is 1. The van der Waals surface area contributed by atoms with Gasteiger partial charge in [0, 0.05) is 31.9 Å². The van der Waals surface area contributed by atoms with Gasteiger partial charge in [-0.1, -0.05) is 29.8 Å². The molecular formula is C20H24N4O2S. The highest BCUT2D eigenvalue weighted by atomic mass is 32.2. The molecule has 1 saturated heterocycles. The summed E-state index contributed by atoms with van der Waals surface area (Å²) in [6.45, 7) is 6.33. The van der Waals surface area contributed by atoms with Crippen molar-refractivity contribution in [1.82, 2.24) is 14.3 Å². The van der Waals surface area contributed by atoms with E-state index in [1.807, 2.05) is 44.2 Å². The van der Waals surface area contributed by atoms with Crippen LogP contribution >= 0.6 is 0 Å². The summed E-state index contributed by atoms with van der Waals surface area (Å²) in [6.07, 6.45) is 0. The smallest absolute Gasteiger partial charge is 0.218 e. The van der Waals surface area contributed by atoms with E-state index < -0.39 is 10.0 Å². The first-order valence-corrected chi connectivity index (χ1v) is 10.8. The molecule has 2 heterocycles. The van der Waals surface area contributed by atoms with Crippen molar-refractivity contribution in [3.63, 3.8) is 0 Å². The predicted molar refractivity (Wildman–Crippen MR) is 108 cm³/mol. The summed E-state index contributed by atoms with van der Waals surface area (Å²) >= 11 is 0. The Labute approximate surface area is 159 Å². The third kappa shape index (κ3) is 3.84. The van der Waals surface area contributed by atoms with Crippen LogP contribution in [-0.4, -0.2) is 48.9 Å². The van der Waals surface area contributed by atoms with Gasteiger partial charge in [0.15, 0.2) is 0 Å². The Bertz CT molecular complexity index is 1050. The number of hydrogen-bond acceptors (Lipinski definition) is 4.